The Hall–Kier alpha value is -2.07. The smallest absolute Gasteiger partial charge is 0.167 e. The average Bonchev–Trinajstić information content (AvgIpc) is 2.50. The van der Waals surface area contributed by atoms with Gasteiger partial charge in [-0.25, -0.2) is 4.39 Å². The standard InChI is InChI=1S/C17H20FNO2/c1-3-19-12-13-6-5-7-16(18)17(13)21-15-10-8-14(9-11-15)20-4-2/h5-11,19H,3-4,12H2,1-2H3. The van der Waals surface area contributed by atoms with Gasteiger partial charge in [0.25, 0.3) is 0 Å². The first-order valence-corrected chi connectivity index (χ1v) is 7.13. The molecular weight excluding hydrogens is 269 g/mol. The van der Waals surface area contributed by atoms with Gasteiger partial charge in [-0.15, -0.1) is 0 Å². The number of rotatable bonds is 7. The van der Waals surface area contributed by atoms with Gasteiger partial charge >= 0.3 is 0 Å². The maximum atomic E-state index is 14.0. The van der Waals surface area contributed by atoms with E-state index in [1.54, 1.807) is 18.2 Å². The molecule has 2 aromatic rings. The Morgan fingerprint density at radius 3 is 2.38 bits per heavy atom. The van der Waals surface area contributed by atoms with Crippen molar-refractivity contribution in [1.29, 1.82) is 0 Å². The van der Waals surface area contributed by atoms with Gasteiger partial charge in [0.1, 0.15) is 11.5 Å². The molecule has 0 heterocycles. The minimum Gasteiger partial charge on any atom is -0.494 e. The fraction of sp³-hybridized carbons (Fsp3) is 0.294. The zero-order chi connectivity index (χ0) is 15.1. The van der Waals surface area contributed by atoms with Gasteiger partial charge < -0.3 is 14.8 Å². The highest BCUT2D eigenvalue weighted by Gasteiger charge is 2.10. The lowest BCUT2D eigenvalue weighted by Crippen LogP contribution is -2.12. The van der Waals surface area contributed by atoms with Crippen molar-refractivity contribution in [3.05, 3.63) is 53.8 Å². The lowest BCUT2D eigenvalue weighted by Gasteiger charge is -2.13. The summed E-state index contributed by atoms with van der Waals surface area (Å²) >= 11 is 0. The van der Waals surface area contributed by atoms with E-state index in [1.165, 1.54) is 6.07 Å². The largest absolute Gasteiger partial charge is 0.494 e. The molecule has 0 saturated carbocycles. The summed E-state index contributed by atoms with van der Waals surface area (Å²) in [7, 11) is 0. The van der Waals surface area contributed by atoms with Crippen LogP contribution < -0.4 is 14.8 Å². The Balaban J connectivity index is 2.17. The van der Waals surface area contributed by atoms with Crippen molar-refractivity contribution >= 4 is 0 Å². The molecule has 0 aliphatic rings. The van der Waals surface area contributed by atoms with E-state index in [1.807, 2.05) is 32.0 Å². The summed E-state index contributed by atoms with van der Waals surface area (Å²) in [6, 6.07) is 12.1. The molecule has 0 amide bonds. The number of ether oxygens (including phenoxy) is 2. The first-order chi connectivity index (χ1) is 10.2. The van der Waals surface area contributed by atoms with Crippen molar-refractivity contribution in [3.63, 3.8) is 0 Å². The molecule has 4 heteroatoms. The highest BCUT2D eigenvalue weighted by molar-refractivity contribution is 5.40. The van der Waals surface area contributed by atoms with Crippen LogP contribution in [0.5, 0.6) is 17.2 Å². The first kappa shape index (κ1) is 15.3. The molecular formula is C17H20FNO2. The molecule has 21 heavy (non-hydrogen) atoms. The van der Waals surface area contributed by atoms with Crippen LogP contribution in [0.2, 0.25) is 0 Å². The normalized spacial score (nSPS) is 10.4. The zero-order valence-corrected chi connectivity index (χ0v) is 12.4. The van der Waals surface area contributed by atoms with E-state index in [9.17, 15) is 4.39 Å². The summed E-state index contributed by atoms with van der Waals surface area (Å²) in [5.41, 5.74) is 0.797. The Labute approximate surface area is 124 Å². The fourth-order valence-electron chi connectivity index (χ4n) is 1.96. The van der Waals surface area contributed by atoms with Crippen LogP contribution >= 0.6 is 0 Å². The second-order valence-electron chi connectivity index (χ2n) is 4.51. The Morgan fingerprint density at radius 1 is 1.00 bits per heavy atom. The molecule has 0 aliphatic heterocycles. The number of nitrogens with one attached hydrogen (secondary N) is 1. The van der Waals surface area contributed by atoms with Crippen molar-refractivity contribution in [1.82, 2.24) is 5.32 Å². The molecule has 0 saturated heterocycles. The zero-order valence-electron chi connectivity index (χ0n) is 12.4. The van der Waals surface area contributed by atoms with Crippen LogP contribution in [0.4, 0.5) is 4.39 Å². The quantitative estimate of drug-likeness (QED) is 0.831. The molecule has 1 N–H and O–H groups in total. The van der Waals surface area contributed by atoms with Gasteiger partial charge in [0, 0.05) is 12.1 Å². The predicted molar refractivity (Wildman–Crippen MR) is 81.5 cm³/mol. The third-order valence-electron chi connectivity index (χ3n) is 2.97. The van der Waals surface area contributed by atoms with E-state index in [0.717, 1.165) is 17.9 Å². The molecule has 0 spiro atoms. The Bertz CT molecular complexity index is 570. The number of para-hydroxylation sites is 1. The molecule has 0 aliphatic carbocycles. The van der Waals surface area contributed by atoms with Crippen LogP contribution in [0.1, 0.15) is 19.4 Å². The van der Waals surface area contributed by atoms with E-state index < -0.39 is 0 Å². The first-order valence-electron chi connectivity index (χ1n) is 7.13. The number of benzene rings is 2. The number of hydrogen-bond donors (Lipinski definition) is 1. The van der Waals surface area contributed by atoms with Gasteiger partial charge in [-0.2, -0.15) is 0 Å². The molecule has 2 rings (SSSR count). The lowest BCUT2D eigenvalue weighted by atomic mass is 10.2. The third kappa shape index (κ3) is 4.20. The molecule has 0 radical (unpaired) electrons. The van der Waals surface area contributed by atoms with Crippen molar-refractivity contribution in [2.75, 3.05) is 13.2 Å². The molecule has 3 nitrogen and oxygen atoms in total. The van der Waals surface area contributed by atoms with Crippen LogP contribution in [0.15, 0.2) is 42.5 Å². The van der Waals surface area contributed by atoms with Crippen molar-refractivity contribution in [3.8, 4) is 17.2 Å². The summed E-state index contributed by atoms with van der Waals surface area (Å²) in [5, 5.41) is 3.18. The topological polar surface area (TPSA) is 30.5 Å². The summed E-state index contributed by atoms with van der Waals surface area (Å²) < 4.78 is 25.1. The second-order valence-corrected chi connectivity index (χ2v) is 4.51. The van der Waals surface area contributed by atoms with Crippen LogP contribution in [-0.2, 0) is 6.54 Å². The summed E-state index contributed by atoms with van der Waals surface area (Å²) in [4.78, 5) is 0. The highest BCUT2D eigenvalue weighted by Crippen LogP contribution is 2.29. The van der Waals surface area contributed by atoms with E-state index >= 15 is 0 Å². The van der Waals surface area contributed by atoms with Gasteiger partial charge in [-0.3, -0.25) is 0 Å². The molecule has 0 atom stereocenters. The molecule has 112 valence electrons. The van der Waals surface area contributed by atoms with Gasteiger partial charge in [0.2, 0.25) is 0 Å². The van der Waals surface area contributed by atoms with Crippen LogP contribution in [0.3, 0.4) is 0 Å². The van der Waals surface area contributed by atoms with E-state index in [0.29, 0.717) is 18.9 Å². The summed E-state index contributed by atoms with van der Waals surface area (Å²) in [5.74, 6) is 1.26. The van der Waals surface area contributed by atoms with E-state index in [2.05, 4.69) is 5.32 Å². The van der Waals surface area contributed by atoms with Crippen LogP contribution in [0, 0.1) is 5.82 Å². The Kier molecular flexibility index (Phi) is 5.58. The second kappa shape index (κ2) is 7.64. The predicted octanol–water partition coefficient (Wildman–Crippen LogP) is 4.13. The maximum Gasteiger partial charge on any atom is 0.167 e. The average molecular weight is 289 g/mol. The van der Waals surface area contributed by atoms with Gasteiger partial charge in [0.15, 0.2) is 11.6 Å². The third-order valence-corrected chi connectivity index (χ3v) is 2.97. The van der Waals surface area contributed by atoms with Crippen LogP contribution in [-0.4, -0.2) is 13.2 Å². The fourth-order valence-corrected chi connectivity index (χ4v) is 1.96. The Morgan fingerprint density at radius 2 is 1.71 bits per heavy atom. The van der Waals surface area contributed by atoms with Gasteiger partial charge in [-0.05, 0) is 43.8 Å². The molecule has 0 unspecified atom stereocenters. The highest BCUT2D eigenvalue weighted by atomic mass is 19.1. The van der Waals surface area contributed by atoms with Crippen LogP contribution in [0.25, 0.3) is 0 Å². The molecule has 0 fully saturated rings. The van der Waals surface area contributed by atoms with E-state index in [4.69, 9.17) is 9.47 Å². The van der Waals surface area contributed by atoms with Crippen molar-refractivity contribution < 1.29 is 13.9 Å². The van der Waals surface area contributed by atoms with Crippen molar-refractivity contribution in [2.45, 2.75) is 20.4 Å². The summed E-state index contributed by atoms with van der Waals surface area (Å²) in [6.45, 7) is 5.93. The summed E-state index contributed by atoms with van der Waals surface area (Å²) in [6.07, 6.45) is 0. The number of hydrogen-bond acceptors (Lipinski definition) is 3. The minimum atomic E-state index is -0.362. The van der Waals surface area contributed by atoms with E-state index in [-0.39, 0.29) is 11.6 Å². The minimum absolute atomic E-state index is 0.266. The number of halogens is 1. The molecule has 0 aromatic heterocycles. The monoisotopic (exact) mass is 289 g/mol. The van der Waals surface area contributed by atoms with Gasteiger partial charge in [-0.1, -0.05) is 19.1 Å². The van der Waals surface area contributed by atoms with Gasteiger partial charge in [0.05, 0.1) is 6.61 Å². The van der Waals surface area contributed by atoms with Crippen molar-refractivity contribution in [2.24, 2.45) is 0 Å². The maximum absolute atomic E-state index is 14.0. The lowest BCUT2D eigenvalue weighted by molar-refractivity contribution is 0.339. The SMILES string of the molecule is CCNCc1cccc(F)c1Oc1ccc(OCC)cc1. The molecule has 2 aromatic carbocycles. The molecule has 0 bridgehead atoms.